The molecular formula is C15H18O2S. The number of ether oxygens (including phenoxy) is 1. The van der Waals surface area contributed by atoms with E-state index in [9.17, 15) is 4.21 Å². The zero-order valence-electron chi connectivity index (χ0n) is 10.6. The summed E-state index contributed by atoms with van der Waals surface area (Å²) in [6.07, 6.45) is 3.08. The van der Waals surface area contributed by atoms with Crippen molar-refractivity contribution in [2.75, 3.05) is 0 Å². The van der Waals surface area contributed by atoms with Gasteiger partial charge < -0.3 is 4.74 Å². The first-order chi connectivity index (χ1) is 8.61. The summed E-state index contributed by atoms with van der Waals surface area (Å²) in [7, 11) is -0.931. The van der Waals surface area contributed by atoms with Gasteiger partial charge in [0.2, 0.25) is 0 Å². The minimum Gasteiger partial charge on any atom is -0.362 e. The molecule has 3 rings (SSSR count). The van der Waals surface area contributed by atoms with E-state index < -0.39 is 10.8 Å². The summed E-state index contributed by atoms with van der Waals surface area (Å²) in [5, 5.41) is 0.188. The molecule has 2 fully saturated rings. The fraction of sp³-hybridized carbons (Fsp3) is 0.467. The molecule has 96 valence electrons. The molecule has 0 bridgehead atoms. The van der Waals surface area contributed by atoms with Gasteiger partial charge in [0.05, 0.1) is 16.9 Å². The molecule has 1 saturated heterocycles. The lowest BCUT2D eigenvalue weighted by Gasteiger charge is -2.17. The fourth-order valence-corrected chi connectivity index (χ4v) is 4.27. The predicted octanol–water partition coefficient (Wildman–Crippen LogP) is 3.06. The number of rotatable bonds is 2. The number of fused-ring (bicyclic) bond motifs is 1. The Balaban J connectivity index is 1.78. The van der Waals surface area contributed by atoms with Crippen molar-refractivity contribution in [1.82, 2.24) is 0 Å². The average Bonchev–Trinajstić information content (AvgIpc) is 3.07. The van der Waals surface area contributed by atoms with Crippen molar-refractivity contribution in [2.24, 2.45) is 0 Å². The molecule has 1 aromatic carbocycles. The molecule has 1 unspecified atom stereocenters. The van der Waals surface area contributed by atoms with E-state index in [1.807, 2.05) is 30.3 Å². The van der Waals surface area contributed by atoms with Gasteiger partial charge in [0.25, 0.3) is 0 Å². The second-order valence-electron chi connectivity index (χ2n) is 5.33. The van der Waals surface area contributed by atoms with Crippen molar-refractivity contribution in [2.45, 2.75) is 48.0 Å². The van der Waals surface area contributed by atoms with Crippen LogP contribution in [-0.2, 0) is 15.5 Å². The Morgan fingerprint density at radius 3 is 2.78 bits per heavy atom. The maximum atomic E-state index is 12.6. The Morgan fingerprint density at radius 1 is 1.33 bits per heavy atom. The molecule has 1 saturated carbocycles. The van der Waals surface area contributed by atoms with Crippen LogP contribution in [0.2, 0.25) is 0 Å². The molecule has 0 radical (unpaired) electrons. The van der Waals surface area contributed by atoms with Crippen molar-refractivity contribution in [3.8, 4) is 0 Å². The lowest BCUT2D eigenvalue weighted by atomic mass is 9.97. The Morgan fingerprint density at radius 2 is 2.06 bits per heavy atom. The van der Waals surface area contributed by atoms with Crippen LogP contribution in [0.25, 0.3) is 0 Å². The summed E-state index contributed by atoms with van der Waals surface area (Å²) in [5.74, 6) is 0. The Labute approximate surface area is 111 Å². The van der Waals surface area contributed by atoms with E-state index in [0.29, 0.717) is 6.10 Å². The Kier molecular flexibility index (Phi) is 2.91. The van der Waals surface area contributed by atoms with E-state index in [-0.39, 0.29) is 10.9 Å². The summed E-state index contributed by atoms with van der Waals surface area (Å²) in [4.78, 5) is 0.928. The van der Waals surface area contributed by atoms with Gasteiger partial charge in [0, 0.05) is 10.1 Å². The third-order valence-electron chi connectivity index (χ3n) is 4.15. The number of benzene rings is 1. The topological polar surface area (TPSA) is 29.6 Å². The van der Waals surface area contributed by atoms with Crippen LogP contribution in [0.15, 0.2) is 47.4 Å². The Bertz CT molecular complexity index is 496. The number of epoxide rings is 1. The second-order valence-corrected chi connectivity index (χ2v) is 7.06. The maximum Gasteiger partial charge on any atom is 0.113 e. The Hall–Kier alpha value is -0.930. The van der Waals surface area contributed by atoms with Crippen LogP contribution < -0.4 is 0 Å². The minimum atomic E-state index is -0.931. The highest BCUT2D eigenvalue weighted by Gasteiger charge is 2.55. The van der Waals surface area contributed by atoms with Crippen molar-refractivity contribution in [3.63, 3.8) is 0 Å². The van der Waals surface area contributed by atoms with E-state index in [4.69, 9.17) is 4.74 Å². The standard InChI is InChI=1S/C15H18O2S/c1-11-10-13(8-9-14-15(11,2)17-14)18(16)12-6-4-3-5-7-12/h3-7,13-14H,1,8-10H2,2H3/t13-,14-,15+,18?/m1/s1. The molecule has 3 heteroatoms. The van der Waals surface area contributed by atoms with Crippen LogP contribution in [-0.4, -0.2) is 21.2 Å². The first-order valence-electron chi connectivity index (χ1n) is 6.43. The smallest absolute Gasteiger partial charge is 0.113 e. The van der Waals surface area contributed by atoms with Crippen LogP contribution >= 0.6 is 0 Å². The molecule has 0 N–H and O–H groups in total. The molecule has 1 aliphatic heterocycles. The van der Waals surface area contributed by atoms with Crippen LogP contribution in [0.1, 0.15) is 26.2 Å². The highest BCUT2D eigenvalue weighted by atomic mass is 32.2. The fourth-order valence-electron chi connectivity index (χ4n) is 2.75. The average molecular weight is 262 g/mol. The molecule has 1 aromatic rings. The number of hydrogen-bond acceptors (Lipinski definition) is 2. The molecule has 0 spiro atoms. The maximum absolute atomic E-state index is 12.6. The van der Waals surface area contributed by atoms with Crippen molar-refractivity contribution < 1.29 is 8.95 Å². The van der Waals surface area contributed by atoms with Gasteiger partial charge in [-0.3, -0.25) is 4.21 Å². The summed E-state index contributed by atoms with van der Waals surface area (Å²) in [6.45, 7) is 6.24. The predicted molar refractivity (Wildman–Crippen MR) is 72.9 cm³/mol. The quantitative estimate of drug-likeness (QED) is 0.605. The highest BCUT2D eigenvalue weighted by Crippen LogP contribution is 2.49. The van der Waals surface area contributed by atoms with E-state index in [1.54, 1.807) is 0 Å². The lowest BCUT2D eigenvalue weighted by Crippen LogP contribution is -2.18. The van der Waals surface area contributed by atoms with E-state index in [0.717, 1.165) is 29.7 Å². The van der Waals surface area contributed by atoms with Gasteiger partial charge in [0.15, 0.2) is 0 Å². The summed E-state index contributed by atoms with van der Waals surface area (Å²) in [6, 6.07) is 9.74. The normalized spacial score (nSPS) is 36.6. The minimum absolute atomic E-state index is 0.129. The molecule has 2 nitrogen and oxygen atoms in total. The monoisotopic (exact) mass is 262 g/mol. The lowest BCUT2D eigenvalue weighted by molar-refractivity contribution is 0.316. The summed E-state index contributed by atoms with van der Waals surface area (Å²) >= 11 is 0. The molecule has 0 amide bonds. The first-order valence-corrected chi connectivity index (χ1v) is 7.64. The van der Waals surface area contributed by atoms with Gasteiger partial charge in [-0.25, -0.2) is 0 Å². The van der Waals surface area contributed by atoms with Crippen LogP contribution in [0.3, 0.4) is 0 Å². The van der Waals surface area contributed by atoms with Gasteiger partial charge in [-0.15, -0.1) is 0 Å². The molecule has 1 aliphatic carbocycles. The SMILES string of the molecule is C=C1C[C@H](S(=O)c2ccccc2)CC[C@H]2O[C@@]12C. The highest BCUT2D eigenvalue weighted by molar-refractivity contribution is 7.85. The summed E-state index contributed by atoms with van der Waals surface area (Å²) in [5.41, 5.74) is 0.981. The van der Waals surface area contributed by atoms with Crippen LogP contribution in [0, 0.1) is 0 Å². The van der Waals surface area contributed by atoms with Gasteiger partial charge in [0.1, 0.15) is 5.60 Å². The molecule has 4 atom stereocenters. The van der Waals surface area contributed by atoms with Gasteiger partial charge in [-0.1, -0.05) is 24.8 Å². The van der Waals surface area contributed by atoms with E-state index in [1.165, 1.54) is 0 Å². The van der Waals surface area contributed by atoms with E-state index in [2.05, 4.69) is 13.5 Å². The second kappa shape index (κ2) is 4.32. The first kappa shape index (κ1) is 12.1. The zero-order valence-corrected chi connectivity index (χ0v) is 11.4. The van der Waals surface area contributed by atoms with Crippen molar-refractivity contribution in [3.05, 3.63) is 42.5 Å². The van der Waals surface area contributed by atoms with Crippen LogP contribution in [0.4, 0.5) is 0 Å². The summed E-state index contributed by atoms with van der Waals surface area (Å²) < 4.78 is 18.2. The molecule has 1 heterocycles. The van der Waals surface area contributed by atoms with Gasteiger partial charge in [-0.2, -0.15) is 0 Å². The molecule has 18 heavy (non-hydrogen) atoms. The third-order valence-corrected chi connectivity index (χ3v) is 5.89. The van der Waals surface area contributed by atoms with Gasteiger partial charge >= 0.3 is 0 Å². The van der Waals surface area contributed by atoms with Crippen LogP contribution in [0.5, 0.6) is 0 Å². The number of hydrogen-bond donors (Lipinski definition) is 0. The molecular weight excluding hydrogens is 244 g/mol. The zero-order chi connectivity index (χ0) is 12.8. The largest absolute Gasteiger partial charge is 0.362 e. The van der Waals surface area contributed by atoms with Crippen molar-refractivity contribution >= 4 is 10.8 Å². The third kappa shape index (κ3) is 1.95. The molecule has 2 aliphatic rings. The van der Waals surface area contributed by atoms with Gasteiger partial charge in [-0.05, 0) is 43.9 Å². The van der Waals surface area contributed by atoms with E-state index >= 15 is 0 Å². The van der Waals surface area contributed by atoms with Crippen molar-refractivity contribution in [1.29, 1.82) is 0 Å². The molecule has 0 aromatic heterocycles.